The van der Waals surface area contributed by atoms with Crippen molar-refractivity contribution in [3.05, 3.63) is 88.4 Å². The van der Waals surface area contributed by atoms with Crippen molar-refractivity contribution >= 4 is 29.1 Å². The summed E-state index contributed by atoms with van der Waals surface area (Å²) < 4.78 is 10.7. The van der Waals surface area contributed by atoms with Crippen molar-refractivity contribution < 1.29 is 19.1 Å². The van der Waals surface area contributed by atoms with Crippen LogP contribution < -0.4 is 20.5 Å². The van der Waals surface area contributed by atoms with Gasteiger partial charge in [-0.05, 0) is 66.1 Å². The van der Waals surface area contributed by atoms with Crippen molar-refractivity contribution in [3.63, 3.8) is 0 Å². The van der Waals surface area contributed by atoms with E-state index in [4.69, 9.17) is 26.8 Å². The van der Waals surface area contributed by atoms with Crippen LogP contribution in [0, 0.1) is 5.41 Å². The van der Waals surface area contributed by atoms with Crippen molar-refractivity contribution in [1.82, 2.24) is 4.90 Å². The highest BCUT2D eigenvalue weighted by Crippen LogP contribution is 2.29. The van der Waals surface area contributed by atoms with Crippen LogP contribution in [0.25, 0.3) is 0 Å². The van der Waals surface area contributed by atoms with E-state index in [1.807, 2.05) is 32.0 Å². The quantitative estimate of drug-likeness (QED) is 0.390. The van der Waals surface area contributed by atoms with Crippen LogP contribution in [0.4, 0.5) is 5.69 Å². The number of methoxy groups -OCH3 is 2. The van der Waals surface area contributed by atoms with Crippen molar-refractivity contribution in [2.24, 2.45) is 11.1 Å². The monoisotopic (exact) mass is 509 g/mol. The van der Waals surface area contributed by atoms with E-state index in [0.29, 0.717) is 53.0 Å². The summed E-state index contributed by atoms with van der Waals surface area (Å²) in [6.07, 6.45) is 0. The number of halogens is 1. The molecule has 0 saturated heterocycles. The molecule has 0 radical (unpaired) electrons. The number of nitrogens with zero attached hydrogens (tertiary/aromatic N) is 1. The Morgan fingerprint density at radius 1 is 0.944 bits per heavy atom. The number of ether oxygens (including phenoxy) is 2. The van der Waals surface area contributed by atoms with Crippen LogP contribution in [-0.4, -0.2) is 44.0 Å². The Hall–Kier alpha value is -3.55. The van der Waals surface area contributed by atoms with Gasteiger partial charge in [0.1, 0.15) is 0 Å². The number of amides is 2. The van der Waals surface area contributed by atoms with Crippen LogP contribution in [0.2, 0.25) is 5.02 Å². The van der Waals surface area contributed by atoms with E-state index in [1.54, 1.807) is 60.5 Å². The molecular formula is C28H32ClN3O4. The molecular weight excluding hydrogens is 478 g/mol. The number of nitrogens with two attached hydrogens (primary N) is 1. The minimum atomic E-state index is -0.301. The summed E-state index contributed by atoms with van der Waals surface area (Å²) in [5.41, 5.74) is 8.10. The van der Waals surface area contributed by atoms with Crippen LogP contribution >= 0.6 is 11.6 Å². The summed E-state index contributed by atoms with van der Waals surface area (Å²) in [6.45, 7) is 5.22. The summed E-state index contributed by atoms with van der Waals surface area (Å²) in [7, 11) is 3.08. The Labute approximate surface area is 217 Å². The number of rotatable bonds is 10. The SMILES string of the molecule is COc1ccc(C(=O)N(Cc2cccc(NC(=O)c3cccc(Cl)c3)c2)CC(C)(C)CN)cc1OC. The van der Waals surface area contributed by atoms with Gasteiger partial charge in [0.15, 0.2) is 11.5 Å². The first-order chi connectivity index (χ1) is 17.2. The average molecular weight is 510 g/mol. The van der Waals surface area contributed by atoms with Crippen LogP contribution in [-0.2, 0) is 6.54 Å². The number of hydrogen-bond donors (Lipinski definition) is 2. The van der Waals surface area contributed by atoms with Gasteiger partial charge in [0.05, 0.1) is 14.2 Å². The number of benzene rings is 3. The molecule has 3 aromatic rings. The standard InChI is InChI=1S/C28H32ClN3O4/c1-28(2,17-30)18-32(27(34)21-11-12-24(35-3)25(15-21)36-4)16-19-7-5-10-23(13-19)31-26(33)20-8-6-9-22(29)14-20/h5-15H,16-18,30H2,1-4H3,(H,31,33). The molecule has 0 unspecified atom stereocenters. The fourth-order valence-corrected chi connectivity index (χ4v) is 3.92. The van der Waals surface area contributed by atoms with Crippen molar-refractivity contribution in [3.8, 4) is 11.5 Å². The largest absolute Gasteiger partial charge is 0.493 e. The summed E-state index contributed by atoms with van der Waals surface area (Å²) in [6, 6.07) is 19.3. The van der Waals surface area contributed by atoms with Gasteiger partial charge in [-0.15, -0.1) is 0 Å². The van der Waals surface area contributed by atoms with Gasteiger partial charge in [0.2, 0.25) is 0 Å². The smallest absolute Gasteiger partial charge is 0.255 e. The van der Waals surface area contributed by atoms with Crippen LogP contribution in [0.3, 0.4) is 0 Å². The van der Waals surface area contributed by atoms with Gasteiger partial charge >= 0.3 is 0 Å². The number of hydrogen-bond acceptors (Lipinski definition) is 5. The lowest BCUT2D eigenvalue weighted by atomic mass is 9.92. The Morgan fingerprint density at radius 3 is 2.33 bits per heavy atom. The van der Waals surface area contributed by atoms with Crippen molar-refractivity contribution in [2.75, 3.05) is 32.6 Å². The summed E-state index contributed by atoms with van der Waals surface area (Å²) in [4.78, 5) is 28.0. The Bertz CT molecular complexity index is 1230. The molecule has 36 heavy (non-hydrogen) atoms. The lowest BCUT2D eigenvalue weighted by Gasteiger charge is -2.32. The molecule has 3 N–H and O–H groups in total. The zero-order valence-corrected chi connectivity index (χ0v) is 21.8. The lowest BCUT2D eigenvalue weighted by molar-refractivity contribution is 0.0672. The zero-order valence-electron chi connectivity index (χ0n) is 21.0. The molecule has 0 aliphatic carbocycles. The van der Waals surface area contributed by atoms with Gasteiger partial charge in [-0.2, -0.15) is 0 Å². The van der Waals surface area contributed by atoms with E-state index < -0.39 is 0 Å². The number of nitrogens with one attached hydrogen (secondary N) is 1. The maximum Gasteiger partial charge on any atom is 0.255 e. The molecule has 0 aliphatic heterocycles. The maximum atomic E-state index is 13.6. The summed E-state index contributed by atoms with van der Waals surface area (Å²) in [5, 5.41) is 3.38. The molecule has 0 heterocycles. The molecule has 0 saturated carbocycles. The number of anilines is 1. The minimum absolute atomic E-state index is 0.161. The molecule has 0 aliphatic rings. The first-order valence-corrected chi connectivity index (χ1v) is 11.9. The third-order valence-corrected chi connectivity index (χ3v) is 5.97. The van der Waals surface area contributed by atoms with Gasteiger partial charge in [0.25, 0.3) is 11.8 Å². The van der Waals surface area contributed by atoms with E-state index in [0.717, 1.165) is 5.56 Å². The van der Waals surface area contributed by atoms with Crippen LogP contribution in [0.1, 0.15) is 40.1 Å². The summed E-state index contributed by atoms with van der Waals surface area (Å²) in [5.74, 6) is 0.598. The van der Waals surface area contributed by atoms with E-state index in [9.17, 15) is 9.59 Å². The minimum Gasteiger partial charge on any atom is -0.493 e. The molecule has 0 bridgehead atoms. The first kappa shape index (κ1) is 27.0. The highest BCUT2D eigenvalue weighted by Gasteiger charge is 2.26. The van der Waals surface area contributed by atoms with Crippen LogP contribution in [0.15, 0.2) is 66.7 Å². The molecule has 0 spiro atoms. The molecule has 0 atom stereocenters. The highest BCUT2D eigenvalue weighted by molar-refractivity contribution is 6.31. The third-order valence-electron chi connectivity index (χ3n) is 5.73. The maximum absolute atomic E-state index is 13.6. The topological polar surface area (TPSA) is 93.9 Å². The van der Waals surface area contributed by atoms with E-state index in [2.05, 4.69) is 5.32 Å². The Morgan fingerprint density at radius 2 is 1.67 bits per heavy atom. The van der Waals surface area contributed by atoms with Crippen molar-refractivity contribution in [1.29, 1.82) is 0 Å². The first-order valence-electron chi connectivity index (χ1n) is 11.5. The Balaban J connectivity index is 1.85. The fraction of sp³-hybridized carbons (Fsp3) is 0.286. The summed E-state index contributed by atoms with van der Waals surface area (Å²) >= 11 is 6.01. The predicted molar refractivity (Wildman–Crippen MR) is 143 cm³/mol. The molecule has 0 fully saturated rings. The second-order valence-electron chi connectivity index (χ2n) is 9.26. The molecule has 0 aromatic heterocycles. The molecule has 3 aromatic carbocycles. The normalized spacial score (nSPS) is 11.1. The average Bonchev–Trinajstić information content (AvgIpc) is 2.87. The van der Waals surface area contributed by atoms with Gasteiger partial charge in [-0.25, -0.2) is 0 Å². The Kier molecular flexibility index (Phi) is 8.96. The zero-order chi connectivity index (χ0) is 26.3. The van der Waals surface area contributed by atoms with Gasteiger partial charge in [-0.1, -0.05) is 43.6 Å². The lowest BCUT2D eigenvalue weighted by Crippen LogP contribution is -2.41. The third kappa shape index (κ3) is 6.99. The molecule has 7 nitrogen and oxygen atoms in total. The van der Waals surface area contributed by atoms with Gasteiger partial charge in [-0.3, -0.25) is 9.59 Å². The predicted octanol–water partition coefficient (Wildman–Crippen LogP) is 5.24. The molecule has 2 amide bonds. The second-order valence-corrected chi connectivity index (χ2v) is 9.70. The molecule has 8 heteroatoms. The van der Waals surface area contributed by atoms with E-state index in [1.165, 1.54) is 7.11 Å². The molecule has 3 rings (SSSR count). The van der Waals surface area contributed by atoms with Gasteiger partial charge in [0, 0.05) is 34.9 Å². The number of carbonyl (C=O) groups is 2. The number of carbonyl (C=O) groups excluding carboxylic acids is 2. The van der Waals surface area contributed by atoms with Crippen molar-refractivity contribution in [2.45, 2.75) is 20.4 Å². The van der Waals surface area contributed by atoms with E-state index >= 15 is 0 Å². The second kappa shape index (κ2) is 11.9. The van der Waals surface area contributed by atoms with E-state index in [-0.39, 0.29) is 17.2 Å². The fourth-order valence-electron chi connectivity index (χ4n) is 3.73. The highest BCUT2D eigenvalue weighted by atomic mass is 35.5. The van der Waals surface area contributed by atoms with Gasteiger partial charge < -0.3 is 25.4 Å². The molecule has 190 valence electrons. The van der Waals surface area contributed by atoms with Crippen LogP contribution in [0.5, 0.6) is 11.5 Å².